The molecule has 0 saturated carbocycles. The number of carbonyl (C=O) groups is 1. The first-order valence-corrected chi connectivity index (χ1v) is 5.98. The summed E-state index contributed by atoms with van der Waals surface area (Å²) in [7, 11) is 0. The Hall–Kier alpha value is -1.40. The van der Waals surface area contributed by atoms with Crippen LogP contribution >= 0.6 is 27.3 Å². The molecule has 0 aliphatic carbocycles. The van der Waals surface area contributed by atoms with Crippen molar-refractivity contribution >= 4 is 39.3 Å². The van der Waals surface area contributed by atoms with Crippen LogP contribution in [-0.4, -0.2) is 21.3 Å². The van der Waals surface area contributed by atoms with E-state index >= 15 is 0 Å². The SMILES string of the molecule is O=C(O)/C=C/c1cn[nH]c1-c1ccc(Br)s1. The molecule has 0 unspecified atom stereocenters. The number of carboxylic acid groups (broad SMARTS) is 1. The van der Waals surface area contributed by atoms with E-state index in [1.165, 1.54) is 6.08 Å². The molecular weight excluding hydrogens is 292 g/mol. The predicted octanol–water partition coefficient (Wildman–Crippen LogP) is 3.00. The van der Waals surface area contributed by atoms with Crippen LogP contribution in [0.2, 0.25) is 0 Å². The van der Waals surface area contributed by atoms with Gasteiger partial charge in [-0.3, -0.25) is 5.10 Å². The summed E-state index contributed by atoms with van der Waals surface area (Å²) in [6.45, 7) is 0. The third-order valence-corrected chi connectivity index (χ3v) is 3.53. The van der Waals surface area contributed by atoms with Crippen LogP contribution in [0.3, 0.4) is 0 Å². The normalized spacial score (nSPS) is 11.1. The van der Waals surface area contributed by atoms with E-state index in [4.69, 9.17) is 5.11 Å². The summed E-state index contributed by atoms with van der Waals surface area (Å²) in [4.78, 5) is 11.4. The Morgan fingerprint density at radius 2 is 2.38 bits per heavy atom. The molecule has 2 N–H and O–H groups in total. The molecule has 0 aliphatic rings. The number of carboxylic acids is 1. The van der Waals surface area contributed by atoms with Crippen molar-refractivity contribution in [3.63, 3.8) is 0 Å². The largest absolute Gasteiger partial charge is 0.478 e. The van der Waals surface area contributed by atoms with E-state index in [2.05, 4.69) is 26.1 Å². The lowest BCUT2D eigenvalue weighted by Crippen LogP contribution is -1.85. The Balaban J connectivity index is 2.36. The number of nitrogens with one attached hydrogen (secondary N) is 1. The van der Waals surface area contributed by atoms with Gasteiger partial charge in [0.05, 0.1) is 20.6 Å². The van der Waals surface area contributed by atoms with Gasteiger partial charge < -0.3 is 5.11 Å². The summed E-state index contributed by atoms with van der Waals surface area (Å²) in [5.41, 5.74) is 1.59. The van der Waals surface area contributed by atoms with Gasteiger partial charge in [-0.2, -0.15) is 5.10 Å². The number of H-pyrrole nitrogens is 1. The van der Waals surface area contributed by atoms with Crippen molar-refractivity contribution in [1.29, 1.82) is 0 Å². The molecule has 0 bridgehead atoms. The topological polar surface area (TPSA) is 66.0 Å². The lowest BCUT2D eigenvalue weighted by Gasteiger charge is -1.93. The molecule has 0 atom stereocenters. The number of halogens is 1. The van der Waals surface area contributed by atoms with E-state index in [0.29, 0.717) is 0 Å². The first kappa shape index (κ1) is 11.1. The average Bonchev–Trinajstić information content (AvgIpc) is 2.82. The molecule has 6 heteroatoms. The highest BCUT2D eigenvalue weighted by molar-refractivity contribution is 9.11. The van der Waals surface area contributed by atoms with E-state index in [9.17, 15) is 4.79 Å². The number of rotatable bonds is 3. The maximum Gasteiger partial charge on any atom is 0.328 e. The molecule has 2 aromatic heterocycles. The Labute approximate surface area is 104 Å². The van der Waals surface area contributed by atoms with Gasteiger partial charge in [-0.1, -0.05) is 0 Å². The zero-order valence-corrected chi connectivity index (χ0v) is 10.4. The van der Waals surface area contributed by atoms with Gasteiger partial charge >= 0.3 is 5.97 Å². The number of aliphatic carboxylic acids is 1. The third-order valence-electron chi connectivity index (χ3n) is 1.89. The minimum Gasteiger partial charge on any atom is -0.478 e. The second-order valence-corrected chi connectivity index (χ2v) is 5.44. The maximum absolute atomic E-state index is 10.4. The smallest absolute Gasteiger partial charge is 0.328 e. The summed E-state index contributed by atoms with van der Waals surface area (Å²) < 4.78 is 1.02. The van der Waals surface area contributed by atoms with Crippen molar-refractivity contribution in [1.82, 2.24) is 10.2 Å². The Morgan fingerprint density at radius 1 is 1.56 bits per heavy atom. The van der Waals surface area contributed by atoms with Crippen molar-refractivity contribution in [2.75, 3.05) is 0 Å². The number of thiophene rings is 1. The van der Waals surface area contributed by atoms with Gasteiger partial charge in [0.1, 0.15) is 0 Å². The van der Waals surface area contributed by atoms with Gasteiger partial charge in [0.2, 0.25) is 0 Å². The van der Waals surface area contributed by atoms with Crippen molar-refractivity contribution in [3.05, 3.63) is 33.8 Å². The van der Waals surface area contributed by atoms with Crippen molar-refractivity contribution in [2.45, 2.75) is 0 Å². The molecule has 2 rings (SSSR count). The monoisotopic (exact) mass is 298 g/mol. The Morgan fingerprint density at radius 3 is 3.00 bits per heavy atom. The van der Waals surface area contributed by atoms with Crippen molar-refractivity contribution < 1.29 is 9.90 Å². The second-order valence-electron chi connectivity index (χ2n) is 2.98. The number of aromatic amines is 1. The molecule has 0 radical (unpaired) electrons. The summed E-state index contributed by atoms with van der Waals surface area (Å²) >= 11 is 4.93. The van der Waals surface area contributed by atoms with Crippen molar-refractivity contribution in [2.24, 2.45) is 0 Å². The van der Waals surface area contributed by atoms with Gasteiger partial charge in [-0.25, -0.2) is 4.79 Å². The summed E-state index contributed by atoms with van der Waals surface area (Å²) in [5.74, 6) is -0.973. The van der Waals surface area contributed by atoms with Gasteiger partial charge in [0, 0.05) is 11.6 Å². The van der Waals surface area contributed by atoms with Gasteiger partial charge in [-0.05, 0) is 34.1 Å². The molecule has 2 heterocycles. The number of hydrogen-bond donors (Lipinski definition) is 2. The van der Waals surface area contributed by atoms with Crippen LogP contribution in [0.15, 0.2) is 28.2 Å². The molecule has 0 aliphatic heterocycles. The van der Waals surface area contributed by atoms with Gasteiger partial charge in [0.25, 0.3) is 0 Å². The van der Waals surface area contributed by atoms with Crippen LogP contribution in [-0.2, 0) is 4.79 Å². The number of hydrogen-bond acceptors (Lipinski definition) is 3. The highest BCUT2D eigenvalue weighted by Crippen LogP contribution is 2.32. The molecular formula is C10H7BrN2O2S. The second kappa shape index (κ2) is 4.63. The first-order valence-electron chi connectivity index (χ1n) is 4.37. The first-order chi connectivity index (χ1) is 7.66. The minimum absolute atomic E-state index is 0.761. The van der Waals surface area contributed by atoms with Gasteiger partial charge in [0.15, 0.2) is 0 Å². The quantitative estimate of drug-likeness (QED) is 0.856. The molecule has 0 fully saturated rings. The van der Waals surface area contributed by atoms with E-state index in [0.717, 1.165) is 26.0 Å². The van der Waals surface area contributed by atoms with Crippen LogP contribution in [0.4, 0.5) is 0 Å². The minimum atomic E-state index is -0.973. The highest BCUT2D eigenvalue weighted by Gasteiger charge is 2.07. The molecule has 82 valence electrons. The number of nitrogens with zero attached hydrogens (tertiary/aromatic N) is 1. The molecule has 2 aromatic rings. The number of aromatic nitrogens is 2. The van der Waals surface area contributed by atoms with Gasteiger partial charge in [-0.15, -0.1) is 11.3 Å². The van der Waals surface area contributed by atoms with Crippen LogP contribution in [0.1, 0.15) is 5.56 Å². The fraction of sp³-hybridized carbons (Fsp3) is 0. The Kier molecular flexibility index (Phi) is 3.21. The summed E-state index contributed by atoms with van der Waals surface area (Å²) in [5, 5.41) is 15.3. The third kappa shape index (κ3) is 2.40. The molecule has 0 saturated heterocycles. The average molecular weight is 299 g/mol. The molecule has 0 amide bonds. The van der Waals surface area contributed by atoms with E-state index in [1.807, 2.05) is 12.1 Å². The zero-order chi connectivity index (χ0) is 11.5. The van der Waals surface area contributed by atoms with Crippen LogP contribution in [0.25, 0.3) is 16.6 Å². The van der Waals surface area contributed by atoms with E-state index < -0.39 is 5.97 Å². The molecule has 0 spiro atoms. The van der Waals surface area contributed by atoms with Crippen molar-refractivity contribution in [3.8, 4) is 10.6 Å². The standard InChI is InChI=1S/C10H7BrN2O2S/c11-8-3-2-7(16-8)10-6(5-12-13-10)1-4-9(14)15/h1-5H,(H,12,13)(H,14,15)/b4-1+. The summed E-state index contributed by atoms with van der Waals surface area (Å²) in [6, 6.07) is 3.88. The molecule has 16 heavy (non-hydrogen) atoms. The maximum atomic E-state index is 10.4. The fourth-order valence-electron chi connectivity index (χ4n) is 1.23. The van der Waals surface area contributed by atoms with Crippen LogP contribution in [0.5, 0.6) is 0 Å². The van der Waals surface area contributed by atoms with Crippen LogP contribution in [0, 0.1) is 0 Å². The fourth-order valence-corrected chi connectivity index (χ4v) is 2.63. The lowest BCUT2D eigenvalue weighted by atomic mass is 10.2. The Bertz CT molecular complexity index is 545. The summed E-state index contributed by atoms with van der Waals surface area (Å²) in [6.07, 6.45) is 4.22. The molecule has 4 nitrogen and oxygen atoms in total. The lowest BCUT2D eigenvalue weighted by molar-refractivity contribution is -0.131. The van der Waals surface area contributed by atoms with E-state index in [1.54, 1.807) is 17.5 Å². The van der Waals surface area contributed by atoms with E-state index in [-0.39, 0.29) is 0 Å². The zero-order valence-electron chi connectivity index (χ0n) is 7.98. The predicted molar refractivity (Wildman–Crippen MR) is 66.3 cm³/mol. The molecule has 0 aromatic carbocycles. The highest BCUT2D eigenvalue weighted by atomic mass is 79.9. The van der Waals surface area contributed by atoms with Crippen LogP contribution < -0.4 is 0 Å².